The van der Waals surface area contributed by atoms with Crippen molar-refractivity contribution in [1.29, 1.82) is 0 Å². The number of hydrogen-bond donors (Lipinski definition) is 1. The molecule has 22 heavy (non-hydrogen) atoms. The number of hydrogen-bond acceptors (Lipinski definition) is 5. The monoisotopic (exact) mass is 298 g/mol. The molecule has 0 bridgehead atoms. The molecule has 0 unspecified atom stereocenters. The van der Waals surface area contributed by atoms with Gasteiger partial charge in [0.25, 0.3) is 0 Å². The van der Waals surface area contributed by atoms with Gasteiger partial charge in [-0.25, -0.2) is 9.97 Å². The second kappa shape index (κ2) is 4.98. The van der Waals surface area contributed by atoms with Gasteiger partial charge in [0, 0.05) is 11.9 Å². The summed E-state index contributed by atoms with van der Waals surface area (Å²) in [7, 11) is 1.40. The number of nitrogens with two attached hydrogens (primary N) is 1. The fraction of sp³-hybridized carbons (Fsp3) is 0.312. The number of pyridine rings is 1. The number of imidazole rings is 1. The van der Waals surface area contributed by atoms with E-state index >= 15 is 0 Å². The third-order valence-corrected chi connectivity index (χ3v) is 3.78. The van der Waals surface area contributed by atoms with Crippen molar-refractivity contribution in [2.24, 2.45) is 5.41 Å². The van der Waals surface area contributed by atoms with Gasteiger partial charge in [0.15, 0.2) is 5.82 Å². The molecule has 2 heterocycles. The SMILES string of the molecule is COC(=O)C(C)(C)Cn1cnc2c(N)nc3ccccc3c21. The predicted molar refractivity (Wildman–Crippen MR) is 85.2 cm³/mol. The van der Waals surface area contributed by atoms with Crippen LogP contribution in [0.5, 0.6) is 0 Å². The minimum Gasteiger partial charge on any atom is -0.469 e. The lowest BCUT2D eigenvalue weighted by Gasteiger charge is -2.22. The summed E-state index contributed by atoms with van der Waals surface area (Å²) in [4.78, 5) is 20.7. The van der Waals surface area contributed by atoms with Crippen molar-refractivity contribution in [2.75, 3.05) is 12.8 Å². The second-order valence-electron chi connectivity index (χ2n) is 5.96. The summed E-state index contributed by atoms with van der Waals surface area (Å²) in [6.07, 6.45) is 1.69. The summed E-state index contributed by atoms with van der Waals surface area (Å²) >= 11 is 0. The van der Waals surface area contributed by atoms with Crippen LogP contribution in [0.25, 0.3) is 21.9 Å². The molecule has 6 nitrogen and oxygen atoms in total. The zero-order valence-corrected chi connectivity index (χ0v) is 12.8. The van der Waals surface area contributed by atoms with Crippen LogP contribution in [0.1, 0.15) is 13.8 Å². The van der Waals surface area contributed by atoms with Crippen LogP contribution in [-0.2, 0) is 16.1 Å². The maximum Gasteiger partial charge on any atom is 0.313 e. The van der Waals surface area contributed by atoms with Crippen LogP contribution in [0.2, 0.25) is 0 Å². The van der Waals surface area contributed by atoms with E-state index in [1.807, 2.05) is 42.7 Å². The zero-order chi connectivity index (χ0) is 15.9. The minimum absolute atomic E-state index is 0.263. The quantitative estimate of drug-likeness (QED) is 0.750. The molecule has 6 heteroatoms. The highest BCUT2D eigenvalue weighted by Gasteiger charge is 2.30. The van der Waals surface area contributed by atoms with Crippen molar-refractivity contribution in [3.05, 3.63) is 30.6 Å². The summed E-state index contributed by atoms with van der Waals surface area (Å²) in [6, 6.07) is 7.75. The molecule has 2 N–H and O–H groups in total. The first-order valence-electron chi connectivity index (χ1n) is 7.01. The number of rotatable bonds is 3. The van der Waals surface area contributed by atoms with E-state index in [1.165, 1.54) is 7.11 Å². The molecule has 1 aromatic carbocycles. The van der Waals surface area contributed by atoms with Gasteiger partial charge < -0.3 is 15.0 Å². The lowest BCUT2D eigenvalue weighted by Crippen LogP contribution is -2.30. The molecule has 0 amide bonds. The Morgan fingerprint density at radius 2 is 2.09 bits per heavy atom. The largest absolute Gasteiger partial charge is 0.469 e. The van der Waals surface area contributed by atoms with Crippen LogP contribution < -0.4 is 5.73 Å². The highest BCUT2D eigenvalue weighted by Crippen LogP contribution is 2.29. The number of nitrogen functional groups attached to an aromatic ring is 1. The molecule has 0 aliphatic rings. The summed E-state index contributed by atoms with van der Waals surface area (Å²) in [5.41, 5.74) is 7.69. The van der Waals surface area contributed by atoms with Gasteiger partial charge in [-0.2, -0.15) is 0 Å². The number of para-hydroxylation sites is 1. The Morgan fingerprint density at radius 3 is 2.82 bits per heavy atom. The Hall–Kier alpha value is -2.63. The van der Waals surface area contributed by atoms with E-state index in [0.717, 1.165) is 16.4 Å². The highest BCUT2D eigenvalue weighted by atomic mass is 16.5. The molecular formula is C16H18N4O2. The van der Waals surface area contributed by atoms with Crippen LogP contribution in [0.4, 0.5) is 5.82 Å². The molecule has 0 aliphatic carbocycles. The first-order valence-corrected chi connectivity index (χ1v) is 7.01. The summed E-state index contributed by atoms with van der Waals surface area (Å²) in [6.45, 7) is 4.14. The normalized spacial score (nSPS) is 12.0. The van der Waals surface area contributed by atoms with E-state index in [2.05, 4.69) is 9.97 Å². The third-order valence-electron chi connectivity index (χ3n) is 3.78. The molecule has 0 atom stereocenters. The van der Waals surface area contributed by atoms with Gasteiger partial charge in [-0.3, -0.25) is 4.79 Å². The Balaban J connectivity index is 2.21. The fourth-order valence-electron chi connectivity index (χ4n) is 2.69. The van der Waals surface area contributed by atoms with Gasteiger partial charge in [-0.1, -0.05) is 18.2 Å². The number of benzene rings is 1. The van der Waals surface area contributed by atoms with Crippen molar-refractivity contribution in [2.45, 2.75) is 20.4 Å². The van der Waals surface area contributed by atoms with Gasteiger partial charge in [0.2, 0.25) is 0 Å². The number of carbonyl (C=O) groups is 1. The lowest BCUT2D eigenvalue weighted by molar-refractivity contribution is -0.151. The van der Waals surface area contributed by atoms with Crippen molar-refractivity contribution >= 4 is 33.7 Å². The Morgan fingerprint density at radius 1 is 1.36 bits per heavy atom. The van der Waals surface area contributed by atoms with Gasteiger partial charge >= 0.3 is 5.97 Å². The number of anilines is 1. The van der Waals surface area contributed by atoms with Crippen LogP contribution in [0.3, 0.4) is 0 Å². The van der Waals surface area contributed by atoms with Crippen LogP contribution >= 0.6 is 0 Å². The lowest BCUT2D eigenvalue weighted by atomic mass is 9.93. The molecule has 2 aromatic heterocycles. The number of carbonyl (C=O) groups excluding carboxylic acids is 1. The van der Waals surface area contributed by atoms with Gasteiger partial charge in [-0.15, -0.1) is 0 Å². The van der Waals surface area contributed by atoms with Gasteiger partial charge in [-0.05, 0) is 19.9 Å². The molecule has 0 aliphatic heterocycles. The Bertz CT molecular complexity index is 867. The fourth-order valence-corrected chi connectivity index (χ4v) is 2.69. The molecule has 0 spiro atoms. The van der Waals surface area contributed by atoms with Crippen LogP contribution in [0, 0.1) is 5.41 Å². The maximum atomic E-state index is 11.9. The molecule has 0 fully saturated rings. The third kappa shape index (κ3) is 2.16. The Labute approximate surface area is 127 Å². The van der Waals surface area contributed by atoms with Crippen molar-refractivity contribution in [3.8, 4) is 0 Å². The predicted octanol–water partition coefficient (Wildman–Crippen LogP) is 2.37. The molecular weight excluding hydrogens is 280 g/mol. The smallest absolute Gasteiger partial charge is 0.313 e. The first kappa shape index (κ1) is 14.3. The highest BCUT2D eigenvalue weighted by molar-refractivity contribution is 6.06. The van der Waals surface area contributed by atoms with Crippen LogP contribution in [0.15, 0.2) is 30.6 Å². The molecule has 0 radical (unpaired) electrons. The topological polar surface area (TPSA) is 83.0 Å². The first-order chi connectivity index (χ1) is 10.4. The van der Waals surface area contributed by atoms with Crippen LogP contribution in [-0.4, -0.2) is 27.6 Å². The molecule has 0 saturated carbocycles. The maximum absolute atomic E-state index is 11.9. The van der Waals surface area contributed by atoms with E-state index in [1.54, 1.807) is 6.33 Å². The Kier molecular flexibility index (Phi) is 3.24. The average Bonchev–Trinajstić information content (AvgIpc) is 2.90. The number of aromatic nitrogens is 3. The zero-order valence-electron chi connectivity index (χ0n) is 12.8. The standard InChI is InChI=1S/C16H18N4O2/c1-16(2,15(21)22-3)8-20-9-18-12-13(20)10-6-4-5-7-11(10)19-14(12)17/h4-7,9H,8H2,1-3H3,(H2,17,19). The second-order valence-corrected chi connectivity index (χ2v) is 5.96. The van der Waals surface area contributed by atoms with Crippen molar-refractivity contribution in [3.63, 3.8) is 0 Å². The van der Waals surface area contributed by atoms with Crippen molar-refractivity contribution < 1.29 is 9.53 Å². The molecule has 0 saturated heterocycles. The van der Waals surface area contributed by atoms with E-state index in [4.69, 9.17) is 10.5 Å². The molecule has 3 rings (SSSR count). The minimum atomic E-state index is -0.665. The van der Waals surface area contributed by atoms with E-state index in [-0.39, 0.29) is 5.97 Å². The van der Waals surface area contributed by atoms with E-state index in [9.17, 15) is 4.79 Å². The number of methoxy groups -OCH3 is 1. The number of nitrogens with zero attached hydrogens (tertiary/aromatic N) is 3. The summed E-state index contributed by atoms with van der Waals surface area (Å²) in [5, 5.41) is 0.963. The van der Waals surface area contributed by atoms with Gasteiger partial charge in [0.1, 0.15) is 5.52 Å². The number of esters is 1. The summed E-state index contributed by atoms with van der Waals surface area (Å²) < 4.78 is 6.81. The van der Waals surface area contributed by atoms with Gasteiger partial charge in [0.05, 0.1) is 29.9 Å². The average molecular weight is 298 g/mol. The summed E-state index contributed by atoms with van der Waals surface area (Å²) in [5.74, 6) is 0.129. The number of ether oxygens (including phenoxy) is 1. The van der Waals surface area contributed by atoms with E-state index in [0.29, 0.717) is 17.9 Å². The number of fused-ring (bicyclic) bond motifs is 3. The van der Waals surface area contributed by atoms with E-state index < -0.39 is 5.41 Å². The van der Waals surface area contributed by atoms with Crippen molar-refractivity contribution in [1.82, 2.24) is 14.5 Å². The molecule has 114 valence electrons. The molecule has 3 aromatic rings.